The van der Waals surface area contributed by atoms with Crippen LogP contribution in [0.4, 0.5) is 34.1 Å². The maximum atomic E-state index is 9.42. The maximum Gasteiger partial charge on any atom is 0.159 e. The maximum absolute atomic E-state index is 9.42. The quantitative estimate of drug-likeness (QED) is 0.159. The van der Waals surface area contributed by atoms with Gasteiger partial charge in [0.15, 0.2) is 11.2 Å². The molecule has 0 bridgehead atoms. The molecule has 14 aromatic rings. The van der Waals surface area contributed by atoms with Crippen molar-refractivity contribution in [1.82, 2.24) is 4.57 Å². The first-order valence-corrected chi connectivity index (χ1v) is 26.7. The van der Waals surface area contributed by atoms with E-state index in [2.05, 4.69) is 60.9 Å². The molecule has 4 heterocycles. The van der Waals surface area contributed by atoms with Gasteiger partial charge in [0.05, 0.1) is 69.8 Å². The average Bonchev–Trinajstić information content (AvgIpc) is 1.55. The largest absolute Gasteiger partial charge is 0.452 e. The van der Waals surface area contributed by atoms with Crippen LogP contribution >= 0.6 is 0 Å². The summed E-state index contributed by atoms with van der Waals surface area (Å²) in [6.45, 7) is 6.32. The molecule has 0 N–H and O–H groups in total. The molecule has 0 aliphatic carbocycles. The van der Waals surface area contributed by atoms with Gasteiger partial charge in [-0.2, -0.15) is 0 Å². The number of anilines is 6. The molecular weight excluding hydrogens is 983 g/mol. The number of fused-ring (bicyclic) bond motifs is 10. The Kier molecular flexibility index (Phi) is 7.20. The van der Waals surface area contributed by atoms with Crippen LogP contribution in [0.3, 0.4) is 0 Å². The standard InChI is InChI=1S/C77H55N3O/c1-77(2,3)57-47-71-74-72(48-57)80(68-37-21-33-62-61-32-20-36-67(75(61)81-76(62)68)79-65-34-18-16-30-59(65)60-31-17-19-35-66(60)79)70-46-54(50-24-10-5-11-25-50)39-41-64(70)73(74)63-40-38-53(49-22-8-4-9-23-49)45-69(63)78(71)58-43-55(51-26-12-6-13-27-51)42-56(44-58)52-28-14-7-15-29-52/h4-48,73H,1-3H3/i4D,5D,8D,9D,10D,11D,16D,17D,18D,19D,22D,23D,24D,25D,30D,31D,34D,35D. The predicted molar refractivity (Wildman–Crippen MR) is 339 cm³/mol. The van der Waals surface area contributed by atoms with Crippen LogP contribution in [0, 0.1) is 0 Å². The molecule has 4 nitrogen and oxygen atoms in total. The zero-order valence-corrected chi connectivity index (χ0v) is 43.9. The molecule has 0 spiro atoms. The molecule has 2 aliphatic heterocycles. The molecule has 2 aliphatic rings. The van der Waals surface area contributed by atoms with Crippen LogP contribution in [0.25, 0.3) is 93.9 Å². The lowest BCUT2D eigenvalue weighted by molar-refractivity contribution is 0.590. The summed E-state index contributed by atoms with van der Waals surface area (Å²) < 4.78 is 171. The van der Waals surface area contributed by atoms with Crippen LogP contribution in [-0.2, 0) is 5.41 Å². The van der Waals surface area contributed by atoms with Crippen LogP contribution in [0.15, 0.2) is 277 Å². The molecule has 0 radical (unpaired) electrons. The summed E-state index contributed by atoms with van der Waals surface area (Å²) in [4.78, 5) is 4.25. The Morgan fingerprint density at radius 1 is 0.358 bits per heavy atom. The number of para-hydroxylation sites is 4. The van der Waals surface area contributed by atoms with Crippen molar-refractivity contribution in [2.45, 2.75) is 32.1 Å². The van der Waals surface area contributed by atoms with Gasteiger partial charge in [-0.15, -0.1) is 0 Å². The van der Waals surface area contributed by atoms with Gasteiger partial charge in [0, 0.05) is 38.7 Å². The fourth-order valence-electron chi connectivity index (χ4n) is 12.2. The molecule has 2 aromatic heterocycles. The minimum absolute atomic E-state index is 0.00854. The van der Waals surface area contributed by atoms with Crippen LogP contribution in [0.1, 0.15) is 73.6 Å². The Morgan fingerprint density at radius 2 is 0.840 bits per heavy atom. The van der Waals surface area contributed by atoms with E-state index in [1.165, 1.54) is 4.57 Å². The number of furan rings is 1. The lowest BCUT2D eigenvalue weighted by Gasteiger charge is -2.46. The van der Waals surface area contributed by atoms with E-state index in [0.29, 0.717) is 55.8 Å². The smallest absolute Gasteiger partial charge is 0.159 e. The third kappa shape index (κ3) is 7.44. The van der Waals surface area contributed by atoms with Gasteiger partial charge in [0.2, 0.25) is 0 Å². The summed E-state index contributed by atoms with van der Waals surface area (Å²) in [5.41, 5.74) is 11.1. The van der Waals surface area contributed by atoms with Crippen molar-refractivity contribution in [2.75, 3.05) is 9.80 Å². The van der Waals surface area contributed by atoms with Crippen LogP contribution in [-0.4, -0.2) is 4.57 Å². The summed E-state index contributed by atoms with van der Waals surface area (Å²) in [5, 5.41) is 0.924. The van der Waals surface area contributed by atoms with E-state index in [9.17, 15) is 11.0 Å². The third-order valence-electron chi connectivity index (χ3n) is 15.9. The highest BCUT2D eigenvalue weighted by Gasteiger charge is 2.43. The molecule has 4 heteroatoms. The molecular formula is C77H55N3O. The minimum Gasteiger partial charge on any atom is -0.452 e. The second-order valence-electron chi connectivity index (χ2n) is 21.5. The molecule has 0 saturated carbocycles. The molecule has 384 valence electrons. The molecule has 0 saturated heterocycles. The average molecular weight is 1060 g/mol. The summed E-state index contributed by atoms with van der Waals surface area (Å²) in [7, 11) is 0. The Balaban J connectivity index is 1.04. The van der Waals surface area contributed by atoms with Gasteiger partial charge in [0.25, 0.3) is 0 Å². The van der Waals surface area contributed by atoms with E-state index in [0.717, 1.165) is 50.3 Å². The molecule has 1 atom stereocenters. The van der Waals surface area contributed by atoms with Crippen molar-refractivity contribution in [1.29, 1.82) is 0 Å². The topological polar surface area (TPSA) is 24.6 Å². The zero-order valence-electron chi connectivity index (χ0n) is 61.9. The highest BCUT2D eigenvalue weighted by atomic mass is 16.3. The second kappa shape index (κ2) is 18.2. The van der Waals surface area contributed by atoms with E-state index in [1.807, 2.05) is 109 Å². The van der Waals surface area contributed by atoms with Crippen molar-refractivity contribution >= 4 is 77.9 Å². The van der Waals surface area contributed by atoms with Gasteiger partial charge in [-0.05, 0) is 133 Å². The molecule has 12 aromatic carbocycles. The van der Waals surface area contributed by atoms with E-state index in [4.69, 9.17) is 18.1 Å². The Labute approximate surface area is 497 Å². The van der Waals surface area contributed by atoms with E-state index in [-0.39, 0.29) is 56.3 Å². The first-order chi connectivity index (χ1) is 47.3. The molecule has 16 rings (SSSR count). The highest BCUT2D eigenvalue weighted by Crippen LogP contribution is 2.63. The minimum atomic E-state index is -0.674. The third-order valence-corrected chi connectivity index (χ3v) is 15.9. The van der Waals surface area contributed by atoms with E-state index >= 15 is 0 Å². The fourth-order valence-corrected chi connectivity index (χ4v) is 12.2. The van der Waals surface area contributed by atoms with Crippen LogP contribution in [0.5, 0.6) is 0 Å². The lowest BCUT2D eigenvalue weighted by atomic mass is 9.73. The second-order valence-corrected chi connectivity index (χ2v) is 21.5. The normalized spacial score (nSPS) is 16.8. The molecule has 0 amide bonds. The first-order valence-electron chi connectivity index (χ1n) is 35.7. The van der Waals surface area contributed by atoms with Crippen molar-refractivity contribution in [3.05, 3.63) is 295 Å². The van der Waals surface area contributed by atoms with Gasteiger partial charge in [-0.1, -0.05) is 227 Å². The fraction of sp³-hybridized carbons (Fsp3) is 0.0649. The van der Waals surface area contributed by atoms with Gasteiger partial charge in [-0.25, -0.2) is 0 Å². The van der Waals surface area contributed by atoms with Crippen LogP contribution < -0.4 is 9.80 Å². The van der Waals surface area contributed by atoms with E-state index in [1.54, 1.807) is 24.3 Å². The Hall–Kier alpha value is -10.2. The number of rotatable bonds is 7. The first kappa shape index (κ1) is 32.0. The van der Waals surface area contributed by atoms with Gasteiger partial charge < -0.3 is 18.8 Å². The molecule has 1 unspecified atom stereocenters. The number of benzene rings is 12. The van der Waals surface area contributed by atoms with Crippen LogP contribution in [0.2, 0.25) is 0 Å². The van der Waals surface area contributed by atoms with Crippen molar-refractivity contribution < 1.29 is 29.1 Å². The van der Waals surface area contributed by atoms with Gasteiger partial charge in [0.1, 0.15) is 0 Å². The van der Waals surface area contributed by atoms with E-state index < -0.39 is 108 Å². The van der Waals surface area contributed by atoms with Gasteiger partial charge in [-0.3, -0.25) is 0 Å². The lowest BCUT2D eigenvalue weighted by Crippen LogP contribution is -2.30. The summed E-state index contributed by atoms with van der Waals surface area (Å²) in [6.07, 6.45) is 0. The summed E-state index contributed by atoms with van der Waals surface area (Å²) in [6, 6.07) is 43.8. The SMILES string of the molecule is [2H]c1c([2H])c([2H])c(-c2ccc3c(c2)N(c2cc(-c4ccccc4)cc(-c4ccccc4)c2)c2cc(C(C)(C)C)cc4c2C3c2ccc(-c3c([2H])c([2H])c([2H])c([2H])c3[2H])cc2N4c2cccc3c2oc2c(-n4c5c([2H])c([2H])c([2H])c([2H])c5c5c([2H])c([2H])c([2H])c([2H])c54)cccc23)c([2H])c1[2H]. The van der Waals surface area contributed by atoms with Gasteiger partial charge >= 0.3 is 0 Å². The number of hydrogen-bond donors (Lipinski definition) is 0. The number of hydrogen-bond acceptors (Lipinski definition) is 3. The summed E-state index contributed by atoms with van der Waals surface area (Å²) in [5.74, 6) is -0.674. The summed E-state index contributed by atoms with van der Waals surface area (Å²) >= 11 is 0. The number of aromatic nitrogens is 1. The van der Waals surface area contributed by atoms with Crippen molar-refractivity contribution in [3.63, 3.8) is 0 Å². The predicted octanol–water partition coefficient (Wildman–Crippen LogP) is 21.4. The zero-order chi connectivity index (χ0) is 69.6. The molecule has 0 fully saturated rings. The Bertz CT molecular complexity index is 5730. The van der Waals surface area contributed by atoms with Crippen molar-refractivity contribution in [2.24, 2.45) is 0 Å². The number of nitrogens with zero attached hydrogens (tertiary/aromatic N) is 3. The highest BCUT2D eigenvalue weighted by molar-refractivity contribution is 6.15. The van der Waals surface area contributed by atoms with Crippen molar-refractivity contribution in [3.8, 4) is 50.2 Å². The monoisotopic (exact) mass is 1060 g/mol. The molecule has 81 heavy (non-hydrogen) atoms. The Morgan fingerprint density at radius 3 is 1.38 bits per heavy atom.